The largest absolute Gasteiger partial charge is 0.348 e. The molecule has 1 fully saturated rings. The molecule has 0 unspecified atom stereocenters. The predicted molar refractivity (Wildman–Crippen MR) is 72.8 cm³/mol. The Balaban J connectivity index is 1.64. The molecule has 0 bridgehead atoms. The van der Waals surface area contributed by atoms with Gasteiger partial charge >= 0.3 is 0 Å². The summed E-state index contributed by atoms with van der Waals surface area (Å²) in [5.74, 6) is 3.33. The number of hydrogen-bond acceptors (Lipinski definition) is 5. The second-order valence-corrected chi connectivity index (χ2v) is 5.61. The monoisotopic (exact) mass is 270 g/mol. The van der Waals surface area contributed by atoms with E-state index in [4.69, 9.17) is 0 Å². The summed E-state index contributed by atoms with van der Waals surface area (Å²) < 4.78 is 0. The van der Waals surface area contributed by atoms with Crippen molar-refractivity contribution in [1.29, 1.82) is 0 Å². The van der Waals surface area contributed by atoms with Gasteiger partial charge in [0.1, 0.15) is 5.84 Å². The minimum absolute atomic E-state index is 0.00329. The highest BCUT2D eigenvalue weighted by molar-refractivity contribution is 8.14. The summed E-state index contributed by atoms with van der Waals surface area (Å²) in [5.41, 5.74) is 2.23. The number of aryl methyl sites for hydroxylation is 1. The third-order valence-corrected chi connectivity index (χ3v) is 4.03. The number of aromatic amines is 1. The van der Waals surface area contributed by atoms with E-state index in [0.717, 1.165) is 35.3 Å². The molecule has 1 saturated heterocycles. The SMILES string of the molecule is Cc1[nH]cnc1CSCCN=C1CSC(=O)N1. The van der Waals surface area contributed by atoms with Gasteiger partial charge in [0, 0.05) is 17.2 Å². The molecular formula is C10H14N4OS2. The Hall–Kier alpha value is -0.950. The standard InChI is InChI=1S/C10H14N4OS2/c1-7-8(13-6-12-7)4-16-3-2-11-9-5-17-10(15)14-9/h6H,2-5H2,1H3,(H,12,13)(H,11,14,15). The lowest BCUT2D eigenvalue weighted by molar-refractivity contribution is 0.265. The van der Waals surface area contributed by atoms with Gasteiger partial charge in [0.2, 0.25) is 0 Å². The van der Waals surface area contributed by atoms with E-state index in [1.165, 1.54) is 11.8 Å². The summed E-state index contributed by atoms with van der Waals surface area (Å²) in [7, 11) is 0. The quantitative estimate of drug-likeness (QED) is 0.801. The van der Waals surface area contributed by atoms with Gasteiger partial charge < -0.3 is 10.3 Å². The molecule has 0 aliphatic carbocycles. The van der Waals surface area contributed by atoms with Crippen molar-refractivity contribution in [2.24, 2.45) is 4.99 Å². The van der Waals surface area contributed by atoms with Crippen LogP contribution >= 0.6 is 23.5 Å². The zero-order chi connectivity index (χ0) is 12.1. The molecular weight excluding hydrogens is 256 g/mol. The van der Waals surface area contributed by atoms with Crippen molar-refractivity contribution in [3.8, 4) is 0 Å². The van der Waals surface area contributed by atoms with Crippen LogP contribution in [-0.4, -0.2) is 39.1 Å². The van der Waals surface area contributed by atoms with E-state index < -0.39 is 0 Å². The van der Waals surface area contributed by atoms with E-state index in [1.54, 1.807) is 18.1 Å². The van der Waals surface area contributed by atoms with Gasteiger partial charge in [0.05, 0.1) is 24.3 Å². The molecule has 1 aliphatic rings. The molecule has 0 radical (unpaired) electrons. The minimum Gasteiger partial charge on any atom is -0.348 e. The van der Waals surface area contributed by atoms with E-state index in [-0.39, 0.29) is 5.24 Å². The normalized spacial score (nSPS) is 17.7. The van der Waals surface area contributed by atoms with Crippen LogP contribution in [0.2, 0.25) is 0 Å². The van der Waals surface area contributed by atoms with E-state index in [0.29, 0.717) is 5.75 Å². The maximum Gasteiger partial charge on any atom is 0.284 e. The molecule has 0 saturated carbocycles. The molecule has 1 aromatic heterocycles. The highest BCUT2D eigenvalue weighted by atomic mass is 32.2. The first-order chi connectivity index (χ1) is 8.25. The lowest BCUT2D eigenvalue weighted by atomic mass is 10.4. The summed E-state index contributed by atoms with van der Waals surface area (Å²) >= 11 is 3.07. The number of amidine groups is 1. The van der Waals surface area contributed by atoms with Gasteiger partial charge in [0.15, 0.2) is 0 Å². The number of carbonyl (C=O) groups excluding carboxylic acids is 1. The third-order valence-electron chi connectivity index (χ3n) is 2.30. The Morgan fingerprint density at radius 1 is 1.65 bits per heavy atom. The lowest BCUT2D eigenvalue weighted by Gasteiger charge is -1.99. The Morgan fingerprint density at radius 2 is 2.53 bits per heavy atom. The second kappa shape index (κ2) is 6.11. The summed E-state index contributed by atoms with van der Waals surface area (Å²) in [6.45, 7) is 2.76. The Labute approximate surface area is 108 Å². The van der Waals surface area contributed by atoms with Crippen molar-refractivity contribution in [3.63, 3.8) is 0 Å². The first kappa shape index (κ1) is 12.5. The Kier molecular flexibility index (Phi) is 4.49. The molecule has 0 aromatic carbocycles. The van der Waals surface area contributed by atoms with Gasteiger partial charge in [0.25, 0.3) is 5.24 Å². The molecule has 2 N–H and O–H groups in total. The van der Waals surface area contributed by atoms with Crippen molar-refractivity contribution < 1.29 is 4.79 Å². The highest BCUT2D eigenvalue weighted by Crippen LogP contribution is 2.13. The predicted octanol–water partition coefficient (Wildman–Crippen LogP) is 1.81. The van der Waals surface area contributed by atoms with Crippen LogP contribution in [0, 0.1) is 6.92 Å². The maximum absolute atomic E-state index is 10.9. The fourth-order valence-corrected chi connectivity index (χ4v) is 2.83. The van der Waals surface area contributed by atoms with Crippen molar-refractivity contribution in [3.05, 3.63) is 17.7 Å². The first-order valence-electron chi connectivity index (χ1n) is 5.29. The molecule has 1 aromatic rings. The molecule has 1 amide bonds. The van der Waals surface area contributed by atoms with Crippen LogP contribution in [0.25, 0.3) is 0 Å². The Morgan fingerprint density at radius 3 is 3.18 bits per heavy atom. The number of nitrogens with zero attached hydrogens (tertiary/aromatic N) is 2. The van der Waals surface area contributed by atoms with Crippen molar-refractivity contribution >= 4 is 34.6 Å². The number of thioether (sulfide) groups is 2. The molecule has 2 heterocycles. The summed E-state index contributed by atoms with van der Waals surface area (Å²) in [6.07, 6.45) is 1.72. The van der Waals surface area contributed by atoms with Gasteiger partial charge in [-0.2, -0.15) is 11.8 Å². The zero-order valence-electron chi connectivity index (χ0n) is 9.52. The van der Waals surface area contributed by atoms with E-state index in [2.05, 4.69) is 20.3 Å². The Bertz CT molecular complexity index is 430. The van der Waals surface area contributed by atoms with Crippen LogP contribution in [0.1, 0.15) is 11.4 Å². The lowest BCUT2D eigenvalue weighted by Crippen LogP contribution is -2.20. The molecule has 1 aliphatic heterocycles. The fourth-order valence-electron chi connectivity index (χ4n) is 1.36. The average Bonchev–Trinajstić information content (AvgIpc) is 2.88. The minimum atomic E-state index is 0.00329. The number of nitrogens with one attached hydrogen (secondary N) is 2. The van der Waals surface area contributed by atoms with Gasteiger partial charge in [-0.05, 0) is 6.92 Å². The van der Waals surface area contributed by atoms with Crippen LogP contribution in [0.5, 0.6) is 0 Å². The van der Waals surface area contributed by atoms with E-state index >= 15 is 0 Å². The van der Waals surface area contributed by atoms with Crippen LogP contribution in [0.15, 0.2) is 11.3 Å². The van der Waals surface area contributed by atoms with Crippen molar-refractivity contribution in [2.45, 2.75) is 12.7 Å². The molecule has 92 valence electrons. The zero-order valence-corrected chi connectivity index (χ0v) is 11.2. The molecule has 7 heteroatoms. The number of rotatable bonds is 5. The average molecular weight is 270 g/mol. The third kappa shape index (κ3) is 3.78. The number of hydrogen-bond donors (Lipinski definition) is 2. The molecule has 0 spiro atoms. The second-order valence-electron chi connectivity index (χ2n) is 3.56. The van der Waals surface area contributed by atoms with Gasteiger partial charge in [-0.1, -0.05) is 11.8 Å². The van der Waals surface area contributed by atoms with E-state index in [1.807, 2.05) is 6.92 Å². The topological polar surface area (TPSA) is 70.1 Å². The molecule has 2 rings (SSSR count). The fraction of sp³-hybridized carbons (Fsp3) is 0.500. The number of H-pyrrole nitrogens is 1. The van der Waals surface area contributed by atoms with Crippen molar-refractivity contribution in [2.75, 3.05) is 18.1 Å². The summed E-state index contributed by atoms with van der Waals surface area (Å²) in [4.78, 5) is 22.5. The van der Waals surface area contributed by atoms with Gasteiger partial charge in [-0.15, -0.1) is 0 Å². The summed E-state index contributed by atoms with van der Waals surface area (Å²) in [6, 6.07) is 0. The van der Waals surface area contributed by atoms with Gasteiger partial charge in [-0.25, -0.2) is 4.98 Å². The molecule has 0 atom stereocenters. The first-order valence-corrected chi connectivity index (χ1v) is 7.43. The van der Waals surface area contributed by atoms with Crippen LogP contribution in [-0.2, 0) is 5.75 Å². The van der Waals surface area contributed by atoms with E-state index in [9.17, 15) is 4.79 Å². The molecule has 5 nitrogen and oxygen atoms in total. The van der Waals surface area contributed by atoms with Crippen LogP contribution in [0.3, 0.4) is 0 Å². The number of imidazole rings is 1. The highest BCUT2D eigenvalue weighted by Gasteiger charge is 2.15. The number of carbonyl (C=O) groups is 1. The number of aromatic nitrogens is 2. The summed E-state index contributed by atoms with van der Waals surface area (Å²) in [5, 5.41) is 2.72. The smallest absolute Gasteiger partial charge is 0.284 e. The van der Waals surface area contributed by atoms with Crippen LogP contribution in [0.4, 0.5) is 4.79 Å². The van der Waals surface area contributed by atoms with Gasteiger partial charge in [-0.3, -0.25) is 9.79 Å². The van der Waals surface area contributed by atoms with Crippen LogP contribution < -0.4 is 5.32 Å². The molecule has 17 heavy (non-hydrogen) atoms. The van der Waals surface area contributed by atoms with Crippen molar-refractivity contribution in [1.82, 2.24) is 15.3 Å². The number of amides is 1. The number of aliphatic imine (C=N–C) groups is 1. The maximum atomic E-state index is 10.9.